The topological polar surface area (TPSA) is 15.3 Å². The molecule has 1 aliphatic rings. The molecule has 0 radical (unpaired) electrons. The fourth-order valence-electron chi connectivity index (χ4n) is 1.79. The smallest absolute Gasteiger partial charge is 0.0202 e. The van der Waals surface area contributed by atoms with Crippen molar-refractivity contribution in [1.29, 1.82) is 0 Å². The molecule has 76 valence electrons. The van der Waals surface area contributed by atoms with Gasteiger partial charge in [-0.2, -0.15) is 0 Å². The summed E-state index contributed by atoms with van der Waals surface area (Å²) in [6.07, 6.45) is 4.15. The number of hydrogen-bond donors (Lipinski definition) is 1. The van der Waals surface area contributed by atoms with Gasteiger partial charge in [-0.1, -0.05) is 19.9 Å². The highest BCUT2D eigenvalue weighted by Gasteiger charge is 2.10. The van der Waals surface area contributed by atoms with Crippen molar-refractivity contribution in [3.8, 4) is 0 Å². The largest absolute Gasteiger partial charge is 0.313 e. The highest BCUT2D eigenvalue weighted by atomic mass is 15.1. The quantitative estimate of drug-likeness (QED) is 0.650. The molecule has 0 amide bonds. The van der Waals surface area contributed by atoms with Crippen LogP contribution in [0.2, 0.25) is 0 Å². The Morgan fingerprint density at radius 3 is 2.62 bits per heavy atom. The van der Waals surface area contributed by atoms with Crippen LogP contribution in [0.15, 0.2) is 12.2 Å². The van der Waals surface area contributed by atoms with Gasteiger partial charge in [0, 0.05) is 13.1 Å². The van der Waals surface area contributed by atoms with Gasteiger partial charge in [-0.25, -0.2) is 0 Å². The van der Waals surface area contributed by atoms with E-state index in [0.29, 0.717) is 0 Å². The van der Waals surface area contributed by atoms with Crippen molar-refractivity contribution in [3.63, 3.8) is 0 Å². The van der Waals surface area contributed by atoms with Crippen LogP contribution in [0.4, 0.5) is 0 Å². The maximum Gasteiger partial charge on any atom is 0.0202 e. The standard InChI is InChI=1S/C11H22N2/c1-3-12-9-11(2)10-13-7-5-4-6-8-13/h12H,2-10H2,1H3. The van der Waals surface area contributed by atoms with Crippen LogP contribution in [0.5, 0.6) is 0 Å². The van der Waals surface area contributed by atoms with Crippen molar-refractivity contribution in [2.75, 3.05) is 32.7 Å². The molecule has 1 N–H and O–H groups in total. The highest BCUT2D eigenvalue weighted by molar-refractivity contribution is 4.99. The SMILES string of the molecule is C=C(CNCC)CN1CCCCC1. The van der Waals surface area contributed by atoms with E-state index in [0.717, 1.165) is 19.6 Å². The van der Waals surface area contributed by atoms with Gasteiger partial charge in [0.25, 0.3) is 0 Å². The Morgan fingerprint density at radius 1 is 1.31 bits per heavy atom. The molecule has 1 heterocycles. The number of likely N-dealkylation sites (N-methyl/N-ethyl adjacent to an activating group) is 1. The first-order valence-electron chi connectivity index (χ1n) is 5.42. The Balaban J connectivity index is 2.11. The number of nitrogens with zero attached hydrogens (tertiary/aromatic N) is 1. The summed E-state index contributed by atoms with van der Waals surface area (Å²) in [7, 11) is 0. The maximum absolute atomic E-state index is 4.08. The fraction of sp³-hybridized carbons (Fsp3) is 0.818. The van der Waals surface area contributed by atoms with E-state index in [4.69, 9.17) is 0 Å². The van der Waals surface area contributed by atoms with Crippen LogP contribution in [0, 0.1) is 0 Å². The zero-order chi connectivity index (χ0) is 9.52. The average Bonchev–Trinajstić information content (AvgIpc) is 2.16. The third kappa shape index (κ3) is 4.44. The summed E-state index contributed by atoms with van der Waals surface area (Å²) in [6.45, 7) is 11.9. The number of nitrogens with one attached hydrogen (secondary N) is 1. The second kappa shape index (κ2) is 6.17. The number of likely N-dealkylation sites (tertiary alicyclic amines) is 1. The zero-order valence-electron chi connectivity index (χ0n) is 8.81. The molecule has 0 unspecified atom stereocenters. The fourth-order valence-corrected chi connectivity index (χ4v) is 1.79. The Hall–Kier alpha value is -0.340. The molecular formula is C11H22N2. The number of rotatable bonds is 5. The molecule has 1 rings (SSSR count). The van der Waals surface area contributed by atoms with Crippen molar-refractivity contribution in [1.82, 2.24) is 10.2 Å². The first kappa shape index (κ1) is 10.7. The molecule has 2 heteroatoms. The molecule has 1 aliphatic heterocycles. The molecular weight excluding hydrogens is 160 g/mol. The van der Waals surface area contributed by atoms with E-state index < -0.39 is 0 Å². The lowest BCUT2D eigenvalue weighted by molar-refractivity contribution is 0.245. The van der Waals surface area contributed by atoms with Crippen LogP contribution in [0.3, 0.4) is 0 Å². The van der Waals surface area contributed by atoms with E-state index in [9.17, 15) is 0 Å². The maximum atomic E-state index is 4.08. The minimum absolute atomic E-state index is 0.979. The van der Waals surface area contributed by atoms with Crippen LogP contribution >= 0.6 is 0 Å². The minimum atomic E-state index is 0.979. The Bertz CT molecular complexity index is 148. The molecule has 0 atom stereocenters. The van der Waals surface area contributed by atoms with Gasteiger partial charge in [0.05, 0.1) is 0 Å². The van der Waals surface area contributed by atoms with Gasteiger partial charge in [0.1, 0.15) is 0 Å². The van der Waals surface area contributed by atoms with Crippen molar-refractivity contribution in [2.24, 2.45) is 0 Å². The first-order chi connectivity index (χ1) is 6.33. The predicted molar refractivity (Wildman–Crippen MR) is 58.0 cm³/mol. The summed E-state index contributed by atoms with van der Waals surface area (Å²) in [5.74, 6) is 0. The summed E-state index contributed by atoms with van der Waals surface area (Å²) in [5, 5.41) is 3.31. The molecule has 1 saturated heterocycles. The van der Waals surface area contributed by atoms with Gasteiger partial charge in [-0.05, 0) is 38.0 Å². The van der Waals surface area contributed by atoms with Gasteiger partial charge < -0.3 is 5.32 Å². The van der Waals surface area contributed by atoms with E-state index in [-0.39, 0.29) is 0 Å². The molecule has 0 spiro atoms. The third-order valence-corrected chi connectivity index (χ3v) is 2.52. The van der Waals surface area contributed by atoms with Crippen LogP contribution in [0.25, 0.3) is 0 Å². The van der Waals surface area contributed by atoms with Gasteiger partial charge in [-0.15, -0.1) is 0 Å². The molecule has 0 aromatic rings. The number of hydrogen-bond acceptors (Lipinski definition) is 2. The van der Waals surface area contributed by atoms with Gasteiger partial charge in [0.2, 0.25) is 0 Å². The molecule has 0 aliphatic carbocycles. The molecule has 0 bridgehead atoms. The van der Waals surface area contributed by atoms with Crippen molar-refractivity contribution < 1.29 is 0 Å². The second-order valence-corrected chi connectivity index (χ2v) is 3.87. The lowest BCUT2D eigenvalue weighted by atomic mass is 10.1. The van der Waals surface area contributed by atoms with Crippen molar-refractivity contribution in [3.05, 3.63) is 12.2 Å². The summed E-state index contributed by atoms with van der Waals surface area (Å²) in [6, 6.07) is 0. The monoisotopic (exact) mass is 182 g/mol. The van der Waals surface area contributed by atoms with Gasteiger partial charge >= 0.3 is 0 Å². The van der Waals surface area contributed by atoms with Crippen molar-refractivity contribution >= 4 is 0 Å². The summed E-state index contributed by atoms with van der Waals surface area (Å²) >= 11 is 0. The Morgan fingerprint density at radius 2 is 2.00 bits per heavy atom. The molecule has 2 nitrogen and oxygen atoms in total. The van der Waals surface area contributed by atoms with E-state index in [2.05, 4.69) is 23.7 Å². The van der Waals surface area contributed by atoms with Crippen LogP contribution < -0.4 is 5.32 Å². The highest BCUT2D eigenvalue weighted by Crippen LogP contribution is 2.09. The summed E-state index contributed by atoms with van der Waals surface area (Å²) < 4.78 is 0. The Labute approximate surface area is 82.0 Å². The molecule has 0 aromatic carbocycles. The summed E-state index contributed by atoms with van der Waals surface area (Å²) in [4.78, 5) is 2.52. The van der Waals surface area contributed by atoms with Gasteiger partial charge in [0.15, 0.2) is 0 Å². The lowest BCUT2D eigenvalue weighted by Crippen LogP contribution is -2.33. The first-order valence-corrected chi connectivity index (χ1v) is 5.42. The van der Waals surface area contributed by atoms with Crippen LogP contribution in [0.1, 0.15) is 26.2 Å². The van der Waals surface area contributed by atoms with Gasteiger partial charge in [-0.3, -0.25) is 4.90 Å². The molecule has 1 fully saturated rings. The zero-order valence-corrected chi connectivity index (χ0v) is 8.81. The second-order valence-electron chi connectivity index (χ2n) is 3.87. The minimum Gasteiger partial charge on any atom is -0.313 e. The van der Waals surface area contributed by atoms with E-state index >= 15 is 0 Å². The Kier molecular flexibility index (Phi) is 5.09. The van der Waals surface area contributed by atoms with Crippen molar-refractivity contribution in [2.45, 2.75) is 26.2 Å². The predicted octanol–water partition coefficient (Wildman–Crippen LogP) is 1.64. The van der Waals surface area contributed by atoms with E-state index in [1.54, 1.807) is 0 Å². The summed E-state index contributed by atoms with van der Waals surface area (Å²) in [5.41, 5.74) is 1.32. The van der Waals surface area contributed by atoms with E-state index in [1.165, 1.54) is 37.9 Å². The molecule has 0 saturated carbocycles. The third-order valence-electron chi connectivity index (χ3n) is 2.52. The lowest BCUT2D eigenvalue weighted by Gasteiger charge is -2.27. The molecule has 0 aromatic heterocycles. The molecule has 13 heavy (non-hydrogen) atoms. The average molecular weight is 182 g/mol. The van der Waals surface area contributed by atoms with Crippen LogP contribution in [-0.2, 0) is 0 Å². The van der Waals surface area contributed by atoms with E-state index in [1.807, 2.05) is 0 Å². The normalized spacial score (nSPS) is 18.8. The number of piperidine rings is 1. The van der Waals surface area contributed by atoms with Crippen LogP contribution in [-0.4, -0.2) is 37.6 Å².